The van der Waals surface area contributed by atoms with Gasteiger partial charge in [0, 0.05) is 26.2 Å². The van der Waals surface area contributed by atoms with E-state index in [0.717, 1.165) is 5.56 Å². The molecule has 0 radical (unpaired) electrons. The van der Waals surface area contributed by atoms with Crippen LogP contribution in [0, 0.1) is 5.41 Å². The number of rotatable bonds is 14. The van der Waals surface area contributed by atoms with Gasteiger partial charge in [0.25, 0.3) is 0 Å². The van der Waals surface area contributed by atoms with E-state index in [0.29, 0.717) is 43.9 Å². The summed E-state index contributed by atoms with van der Waals surface area (Å²) in [6, 6.07) is 14.1. The predicted octanol–water partition coefficient (Wildman–Crippen LogP) is 1.02. The van der Waals surface area contributed by atoms with Crippen molar-refractivity contribution in [1.29, 1.82) is 5.41 Å². The molecule has 1 saturated heterocycles. The minimum absolute atomic E-state index is 0.00382. The highest BCUT2D eigenvalue weighted by Gasteiger charge is 2.35. The number of guanidine groups is 1. The van der Waals surface area contributed by atoms with Gasteiger partial charge in [-0.2, -0.15) is 0 Å². The lowest BCUT2D eigenvalue weighted by atomic mass is 9.98. The molecule has 1 heterocycles. The first-order valence-electron chi connectivity index (χ1n) is 13.7. The molecule has 1 aliphatic heterocycles. The van der Waals surface area contributed by atoms with Crippen molar-refractivity contribution in [3.05, 3.63) is 65.7 Å². The molecule has 0 aromatic heterocycles. The Morgan fingerprint density at radius 2 is 1.73 bits per heavy atom. The van der Waals surface area contributed by atoms with E-state index in [1.807, 2.05) is 49.4 Å². The smallest absolute Gasteiger partial charge is 0.317 e. The van der Waals surface area contributed by atoms with E-state index in [2.05, 4.69) is 16.0 Å². The molecule has 41 heavy (non-hydrogen) atoms. The average molecular weight is 569 g/mol. The summed E-state index contributed by atoms with van der Waals surface area (Å²) in [7, 11) is 1.47. The second-order valence-electron chi connectivity index (χ2n) is 9.82. The Morgan fingerprint density at radius 1 is 1.07 bits per heavy atom. The summed E-state index contributed by atoms with van der Waals surface area (Å²) < 4.78 is 11.2. The Morgan fingerprint density at radius 3 is 2.29 bits per heavy atom. The monoisotopic (exact) mass is 568 g/mol. The van der Waals surface area contributed by atoms with Crippen LogP contribution in [-0.2, 0) is 25.5 Å². The maximum atomic E-state index is 13.7. The SMILES string of the molecule is CCOc1ccc(CC(NCC(=O)O)C(=O)N[C@@H](C(=O)NC2CCN(C(=N)N)CC2)[C@H](OC)c2ccccc2)cc1. The van der Waals surface area contributed by atoms with Crippen molar-refractivity contribution in [1.82, 2.24) is 20.9 Å². The van der Waals surface area contributed by atoms with E-state index in [-0.39, 0.29) is 18.4 Å². The van der Waals surface area contributed by atoms with Gasteiger partial charge >= 0.3 is 5.97 Å². The molecule has 0 aliphatic carbocycles. The molecule has 1 aliphatic rings. The molecule has 7 N–H and O–H groups in total. The topological polar surface area (TPSA) is 179 Å². The lowest BCUT2D eigenvalue weighted by Gasteiger charge is -2.34. The fourth-order valence-electron chi connectivity index (χ4n) is 4.79. The Hall–Kier alpha value is -4.16. The number of carboxylic acids is 1. The summed E-state index contributed by atoms with van der Waals surface area (Å²) in [5.74, 6) is -1.39. The van der Waals surface area contributed by atoms with Gasteiger partial charge < -0.3 is 35.8 Å². The number of benzene rings is 2. The largest absolute Gasteiger partial charge is 0.494 e. The Bertz CT molecular complexity index is 1150. The van der Waals surface area contributed by atoms with Gasteiger partial charge in [0.1, 0.15) is 17.9 Å². The third-order valence-electron chi connectivity index (χ3n) is 6.94. The third kappa shape index (κ3) is 9.47. The molecule has 3 rings (SSSR count). The van der Waals surface area contributed by atoms with Crippen molar-refractivity contribution < 1.29 is 29.0 Å². The van der Waals surface area contributed by atoms with Crippen LogP contribution in [0.15, 0.2) is 54.6 Å². The molecule has 2 amide bonds. The number of nitrogens with one attached hydrogen (secondary N) is 4. The summed E-state index contributed by atoms with van der Waals surface area (Å²) in [5.41, 5.74) is 7.08. The maximum absolute atomic E-state index is 13.7. The standard InChI is InChI=1S/C29H40N6O6/c1-3-41-22-11-9-19(10-12-22)17-23(32-18-24(36)37)27(38)34-25(26(40-2)20-7-5-4-6-8-20)28(39)33-21-13-15-35(16-14-21)29(30)31/h4-12,21,23,25-26,32H,3,13-18H2,1-2H3,(H3,30,31)(H,33,39)(H,34,38)(H,36,37)/t23?,25-,26-/m1/s1. The number of likely N-dealkylation sites (tertiary alicyclic amines) is 1. The molecule has 3 atom stereocenters. The number of piperidine rings is 1. The molecule has 1 fully saturated rings. The van der Waals surface area contributed by atoms with Crippen LogP contribution in [0.4, 0.5) is 0 Å². The second-order valence-corrected chi connectivity index (χ2v) is 9.82. The number of methoxy groups -OCH3 is 1. The molecule has 12 nitrogen and oxygen atoms in total. The van der Waals surface area contributed by atoms with E-state index in [1.54, 1.807) is 17.0 Å². The number of ether oxygens (including phenoxy) is 2. The van der Waals surface area contributed by atoms with Crippen LogP contribution in [0.3, 0.4) is 0 Å². The van der Waals surface area contributed by atoms with Crippen LogP contribution < -0.4 is 26.4 Å². The van der Waals surface area contributed by atoms with Crippen molar-refractivity contribution >= 4 is 23.7 Å². The first kappa shape index (κ1) is 31.4. The lowest BCUT2D eigenvalue weighted by molar-refractivity contribution is -0.137. The van der Waals surface area contributed by atoms with Crippen molar-refractivity contribution in [2.24, 2.45) is 5.73 Å². The normalized spacial score (nSPS) is 15.8. The molecular weight excluding hydrogens is 528 g/mol. The number of hydrogen-bond donors (Lipinski definition) is 6. The molecule has 2 aromatic carbocycles. The number of carboxylic acid groups (broad SMARTS) is 1. The molecule has 222 valence electrons. The lowest BCUT2D eigenvalue weighted by Crippen LogP contribution is -2.58. The number of carbonyl (C=O) groups is 3. The van der Waals surface area contributed by atoms with Crippen LogP contribution in [-0.4, -0.2) is 85.2 Å². The van der Waals surface area contributed by atoms with E-state index < -0.39 is 42.5 Å². The summed E-state index contributed by atoms with van der Waals surface area (Å²) >= 11 is 0. The minimum atomic E-state index is -1.11. The Kier molecular flexibility index (Phi) is 11.9. The van der Waals surface area contributed by atoms with Crippen molar-refractivity contribution in [2.45, 2.75) is 50.4 Å². The van der Waals surface area contributed by atoms with Crippen molar-refractivity contribution in [2.75, 3.05) is 33.4 Å². The summed E-state index contributed by atoms with van der Waals surface area (Å²) in [5, 5.41) is 25.6. The fraction of sp³-hybridized carbons (Fsp3) is 0.448. The molecular formula is C29H40N6O6. The maximum Gasteiger partial charge on any atom is 0.317 e. The van der Waals surface area contributed by atoms with Crippen LogP contribution in [0.5, 0.6) is 5.75 Å². The first-order valence-corrected chi connectivity index (χ1v) is 13.7. The van der Waals surface area contributed by atoms with Gasteiger partial charge in [0.05, 0.1) is 19.2 Å². The number of aliphatic carboxylic acids is 1. The van der Waals surface area contributed by atoms with E-state index in [1.165, 1.54) is 7.11 Å². The fourth-order valence-corrected chi connectivity index (χ4v) is 4.79. The van der Waals surface area contributed by atoms with Gasteiger partial charge in [-0.05, 0) is 49.4 Å². The number of carbonyl (C=O) groups excluding carboxylic acids is 2. The Labute approximate surface area is 240 Å². The van der Waals surface area contributed by atoms with E-state index in [4.69, 9.17) is 20.6 Å². The van der Waals surface area contributed by atoms with E-state index >= 15 is 0 Å². The number of nitrogens with zero attached hydrogens (tertiary/aromatic N) is 1. The third-order valence-corrected chi connectivity index (χ3v) is 6.94. The zero-order valence-electron chi connectivity index (χ0n) is 23.5. The zero-order chi connectivity index (χ0) is 29.8. The summed E-state index contributed by atoms with van der Waals surface area (Å²) in [6.07, 6.45) is 0.570. The molecule has 0 spiro atoms. The molecule has 12 heteroatoms. The van der Waals surface area contributed by atoms with Gasteiger partial charge in [-0.15, -0.1) is 0 Å². The van der Waals surface area contributed by atoms with E-state index in [9.17, 15) is 19.5 Å². The number of amides is 2. The highest BCUT2D eigenvalue weighted by atomic mass is 16.5. The van der Waals surface area contributed by atoms with Crippen molar-refractivity contribution in [3.8, 4) is 5.75 Å². The van der Waals surface area contributed by atoms with Crippen LogP contribution in [0.25, 0.3) is 0 Å². The number of hydrogen-bond acceptors (Lipinski definition) is 7. The highest BCUT2D eigenvalue weighted by molar-refractivity contribution is 5.91. The highest BCUT2D eigenvalue weighted by Crippen LogP contribution is 2.22. The van der Waals surface area contributed by atoms with Gasteiger partial charge in [-0.25, -0.2) is 0 Å². The van der Waals surface area contributed by atoms with Gasteiger partial charge in [0.2, 0.25) is 11.8 Å². The summed E-state index contributed by atoms with van der Waals surface area (Å²) in [6.45, 7) is 3.04. The van der Waals surface area contributed by atoms with Gasteiger partial charge in [-0.3, -0.25) is 25.1 Å². The molecule has 1 unspecified atom stereocenters. The van der Waals surface area contributed by atoms with Gasteiger partial charge in [-0.1, -0.05) is 42.5 Å². The first-order chi connectivity index (χ1) is 19.7. The molecule has 0 saturated carbocycles. The average Bonchev–Trinajstić information content (AvgIpc) is 2.96. The number of nitrogens with two attached hydrogens (primary N) is 1. The second kappa shape index (κ2) is 15.6. The Balaban J connectivity index is 1.81. The van der Waals surface area contributed by atoms with Crippen molar-refractivity contribution in [3.63, 3.8) is 0 Å². The van der Waals surface area contributed by atoms with Crippen LogP contribution >= 0.6 is 0 Å². The van der Waals surface area contributed by atoms with Crippen LogP contribution in [0.2, 0.25) is 0 Å². The van der Waals surface area contributed by atoms with Gasteiger partial charge in [0.15, 0.2) is 5.96 Å². The summed E-state index contributed by atoms with van der Waals surface area (Å²) in [4.78, 5) is 40.4. The molecule has 0 bridgehead atoms. The zero-order valence-corrected chi connectivity index (χ0v) is 23.5. The quantitative estimate of drug-likeness (QED) is 0.143. The predicted molar refractivity (Wildman–Crippen MR) is 154 cm³/mol. The molecule has 2 aromatic rings. The minimum Gasteiger partial charge on any atom is -0.494 e. The van der Waals surface area contributed by atoms with Crippen LogP contribution in [0.1, 0.15) is 37.0 Å².